The van der Waals surface area contributed by atoms with E-state index in [1.807, 2.05) is 6.08 Å². The van der Waals surface area contributed by atoms with E-state index in [1.165, 1.54) is 6.08 Å². The van der Waals surface area contributed by atoms with Crippen molar-refractivity contribution < 1.29 is 14.4 Å². The van der Waals surface area contributed by atoms with Gasteiger partial charge in [0.1, 0.15) is 6.04 Å². The summed E-state index contributed by atoms with van der Waals surface area (Å²) in [5.74, 6) is -0.592. The van der Waals surface area contributed by atoms with Gasteiger partial charge in [-0.3, -0.25) is 14.4 Å². The Morgan fingerprint density at radius 1 is 0.852 bits per heavy atom. The van der Waals surface area contributed by atoms with E-state index in [9.17, 15) is 14.4 Å². The molecule has 0 aromatic carbocycles. The van der Waals surface area contributed by atoms with Crippen molar-refractivity contribution in [3.63, 3.8) is 0 Å². The number of hydrogen-bond acceptors (Lipinski definition) is 3. The molecule has 0 aliphatic carbocycles. The highest BCUT2D eigenvalue weighted by atomic mass is 16.2. The minimum atomic E-state index is -0.688. The normalized spacial score (nSPS) is 12.0. The second-order valence-electron chi connectivity index (χ2n) is 6.85. The van der Waals surface area contributed by atoms with Crippen LogP contribution in [-0.4, -0.2) is 36.9 Å². The number of carbonyl (C=O) groups excluding carboxylic acids is 3. The van der Waals surface area contributed by atoms with Gasteiger partial charge in [0.25, 0.3) is 0 Å². The van der Waals surface area contributed by atoms with Crippen molar-refractivity contribution in [3.05, 3.63) is 12.2 Å². The molecule has 0 radical (unpaired) electrons. The molecule has 3 N–H and O–H groups in total. The smallest absolute Gasteiger partial charge is 0.244 e. The lowest BCUT2D eigenvalue weighted by atomic mass is 10.1. The van der Waals surface area contributed by atoms with Crippen LogP contribution in [0.2, 0.25) is 0 Å². The molecule has 0 rings (SSSR count). The molecule has 6 heteroatoms. The van der Waals surface area contributed by atoms with Crippen molar-refractivity contribution in [1.82, 2.24) is 16.0 Å². The summed E-state index contributed by atoms with van der Waals surface area (Å²) in [6.07, 6.45) is 11.9. The Hall–Kier alpha value is -1.85. The highest BCUT2D eigenvalue weighted by Gasteiger charge is 2.20. The van der Waals surface area contributed by atoms with Gasteiger partial charge in [-0.25, -0.2) is 0 Å². The van der Waals surface area contributed by atoms with Gasteiger partial charge in [-0.1, -0.05) is 52.5 Å². The summed E-state index contributed by atoms with van der Waals surface area (Å²) >= 11 is 0. The van der Waals surface area contributed by atoms with E-state index in [0.717, 1.165) is 51.4 Å². The first-order valence-electron chi connectivity index (χ1n) is 10.6. The van der Waals surface area contributed by atoms with E-state index in [0.29, 0.717) is 19.5 Å². The zero-order valence-electron chi connectivity index (χ0n) is 17.4. The molecule has 0 saturated heterocycles. The Kier molecular flexibility index (Phi) is 16.4. The molecule has 0 aromatic rings. The zero-order chi connectivity index (χ0) is 20.3. The van der Waals surface area contributed by atoms with Crippen molar-refractivity contribution in [3.8, 4) is 0 Å². The van der Waals surface area contributed by atoms with E-state index in [-0.39, 0.29) is 24.1 Å². The van der Waals surface area contributed by atoms with Crippen LogP contribution in [-0.2, 0) is 14.4 Å². The van der Waals surface area contributed by atoms with E-state index < -0.39 is 6.04 Å². The molecule has 27 heavy (non-hydrogen) atoms. The van der Waals surface area contributed by atoms with Crippen molar-refractivity contribution in [2.75, 3.05) is 13.1 Å². The highest BCUT2D eigenvalue weighted by Crippen LogP contribution is 2.02. The average molecular weight is 382 g/mol. The molecule has 0 fully saturated rings. The standard InChI is InChI=1S/C21H39N3O3/c1-4-7-10-11-12-13-20(26)24-18(21(27)23-17-9-6-3)14-15-19(25)22-16-8-5-2/h12-13,18H,4-11,14-17H2,1-3H3,(H,22,25)(H,23,27)(H,24,26)/b13-12+/t18-/m0/s1. The summed E-state index contributed by atoms with van der Waals surface area (Å²) in [4.78, 5) is 36.4. The van der Waals surface area contributed by atoms with Gasteiger partial charge in [-0.05, 0) is 38.2 Å². The number of allylic oxidation sites excluding steroid dienone is 1. The molecule has 156 valence electrons. The van der Waals surface area contributed by atoms with Gasteiger partial charge in [0.2, 0.25) is 17.7 Å². The molecule has 0 spiro atoms. The van der Waals surface area contributed by atoms with Crippen LogP contribution in [0.5, 0.6) is 0 Å². The van der Waals surface area contributed by atoms with Gasteiger partial charge in [0.15, 0.2) is 0 Å². The first-order chi connectivity index (χ1) is 13.0. The maximum Gasteiger partial charge on any atom is 0.244 e. The molecule has 0 bridgehead atoms. The minimum absolute atomic E-state index is 0.0841. The molecule has 0 unspecified atom stereocenters. The fourth-order valence-electron chi connectivity index (χ4n) is 2.47. The topological polar surface area (TPSA) is 87.3 Å². The third-order valence-electron chi connectivity index (χ3n) is 4.22. The molecule has 1 atom stereocenters. The number of unbranched alkanes of at least 4 members (excludes halogenated alkanes) is 5. The van der Waals surface area contributed by atoms with Crippen LogP contribution in [0, 0.1) is 0 Å². The van der Waals surface area contributed by atoms with Gasteiger partial charge < -0.3 is 16.0 Å². The molecular formula is C21H39N3O3. The Labute approximate surface area is 164 Å². The maximum absolute atomic E-state index is 12.4. The molecule has 0 aromatic heterocycles. The van der Waals surface area contributed by atoms with Crippen LogP contribution in [0.25, 0.3) is 0 Å². The van der Waals surface area contributed by atoms with Gasteiger partial charge in [-0.2, -0.15) is 0 Å². The monoisotopic (exact) mass is 381 g/mol. The highest BCUT2D eigenvalue weighted by molar-refractivity contribution is 5.93. The Morgan fingerprint density at radius 2 is 1.48 bits per heavy atom. The zero-order valence-corrected chi connectivity index (χ0v) is 17.4. The van der Waals surface area contributed by atoms with Crippen LogP contribution in [0.3, 0.4) is 0 Å². The van der Waals surface area contributed by atoms with Crippen LogP contribution in [0.1, 0.15) is 85.0 Å². The largest absolute Gasteiger partial charge is 0.356 e. The number of amides is 3. The SMILES string of the molecule is CCCCC/C=C/C(=O)N[C@@H](CCC(=O)NCCCC)C(=O)NCCCC. The summed E-state index contributed by atoms with van der Waals surface area (Å²) in [7, 11) is 0. The summed E-state index contributed by atoms with van der Waals surface area (Å²) in [5.41, 5.74) is 0. The number of hydrogen-bond donors (Lipinski definition) is 3. The Balaban J connectivity index is 4.52. The van der Waals surface area contributed by atoms with Crippen molar-refractivity contribution in [2.45, 2.75) is 91.0 Å². The fourth-order valence-corrected chi connectivity index (χ4v) is 2.47. The molecule has 3 amide bonds. The maximum atomic E-state index is 12.4. The van der Waals surface area contributed by atoms with Crippen LogP contribution in [0.4, 0.5) is 0 Å². The van der Waals surface area contributed by atoms with Crippen molar-refractivity contribution in [2.24, 2.45) is 0 Å². The van der Waals surface area contributed by atoms with E-state index in [2.05, 4.69) is 36.7 Å². The lowest BCUT2D eigenvalue weighted by Gasteiger charge is -2.17. The third-order valence-corrected chi connectivity index (χ3v) is 4.22. The number of rotatable bonds is 16. The van der Waals surface area contributed by atoms with Gasteiger partial charge in [0, 0.05) is 19.5 Å². The predicted octanol–water partition coefficient (Wildman–Crippen LogP) is 3.22. The first-order valence-corrected chi connectivity index (χ1v) is 10.6. The molecule has 0 heterocycles. The minimum Gasteiger partial charge on any atom is -0.356 e. The van der Waals surface area contributed by atoms with Crippen LogP contribution in [0.15, 0.2) is 12.2 Å². The quantitative estimate of drug-likeness (QED) is 0.283. The fraction of sp³-hybridized carbons (Fsp3) is 0.762. The molecule has 0 aliphatic rings. The van der Waals surface area contributed by atoms with E-state index >= 15 is 0 Å². The Bertz CT molecular complexity index is 450. The number of carbonyl (C=O) groups is 3. The van der Waals surface area contributed by atoms with Crippen molar-refractivity contribution >= 4 is 17.7 Å². The second-order valence-corrected chi connectivity index (χ2v) is 6.85. The van der Waals surface area contributed by atoms with Crippen LogP contribution < -0.4 is 16.0 Å². The molecule has 6 nitrogen and oxygen atoms in total. The summed E-state index contributed by atoms with van der Waals surface area (Å²) in [6, 6.07) is -0.688. The van der Waals surface area contributed by atoms with Gasteiger partial charge in [-0.15, -0.1) is 0 Å². The predicted molar refractivity (Wildman–Crippen MR) is 110 cm³/mol. The molecular weight excluding hydrogens is 342 g/mol. The van der Waals surface area contributed by atoms with Gasteiger partial charge in [0.05, 0.1) is 0 Å². The van der Waals surface area contributed by atoms with Crippen LogP contribution >= 0.6 is 0 Å². The lowest BCUT2D eigenvalue weighted by Crippen LogP contribution is -2.47. The molecule has 0 aliphatic heterocycles. The summed E-state index contributed by atoms with van der Waals surface area (Å²) in [5, 5.41) is 8.42. The first kappa shape index (κ1) is 25.1. The number of nitrogens with one attached hydrogen (secondary N) is 3. The summed E-state index contributed by atoms with van der Waals surface area (Å²) in [6.45, 7) is 7.48. The molecule has 0 saturated carbocycles. The van der Waals surface area contributed by atoms with Crippen molar-refractivity contribution in [1.29, 1.82) is 0 Å². The van der Waals surface area contributed by atoms with Gasteiger partial charge >= 0.3 is 0 Å². The Morgan fingerprint density at radius 3 is 2.11 bits per heavy atom. The van der Waals surface area contributed by atoms with E-state index in [4.69, 9.17) is 0 Å². The third kappa shape index (κ3) is 15.0. The second kappa shape index (κ2) is 17.6. The van der Waals surface area contributed by atoms with E-state index in [1.54, 1.807) is 0 Å². The summed E-state index contributed by atoms with van der Waals surface area (Å²) < 4.78 is 0. The average Bonchev–Trinajstić information content (AvgIpc) is 2.65. The lowest BCUT2D eigenvalue weighted by molar-refractivity contribution is -0.128.